The molecular weight excluding hydrogens is 274 g/mol. The maximum Gasteiger partial charge on any atom is 0.326 e. The van der Waals surface area contributed by atoms with Crippen molar-refractivity contribution in [2.24, 2.45) is 0 Å². The number of benzene rings is 1. The van der Waals surface area contributed by atoms with E-state index in [9.17, 15) is 14.4 Å². The molecule has 102 valence electrons. The van der Waals surface area contributed by atoms with Crippen LogP contribution in [0.2, 0.25) is 5.02 Å². The maximum atomic E-state index is 11.8. The zero-order valence-corrected chi connectivity index (χ0v) is 10.8. The third-order valence-electron chi connectivity index (χ3n) is 2.42. The van der Waals surface area contributed by atoms with Crippen molar-refractivity contribution in [3.8, 4) is 0 Å². The molecule has 3 N–H and O–H groups in total. The molecule has 0 aliphatic carbocycles. The van der Waals surface area contributed by atoms with E-state index in [4.69, 9.17) is 21.8 Å². The first-order valence-corrected chi connectivity index (χ1v) is 5.70. The molecule has 0 aromatic heterocycles. The van der Waals surface area contributed by atoms with Crippen LogP contribution in [-0.4, -0.2) is 34.1 Å². The van der Waals surface area contributed by atoms with Gasteiger partial charge in [-0.25, -0.2) is 4.79 Å². The van der Waals surface area contributed by atoms with Crippen LogP contribution in [0.3, 0.4) is 0 Å². The van der Waals surface area contributed by atoms with Gasteiger partial charge in [-0.3, -0.25) is 9.59 Å². The number of hydrogen-bond acceptors (Lipinski definition) is 3. The molecule has 19 heavy (non-hydrogen) atoms. The molecule has 6 nitrogen and oxygen atoms in total. The lowest BCUT2D eigenvalue weighted by Crippen LogP contribution is -2.42. The highest BCUT2D eigenvalue weighted by molar-refractivity contribution is 6.31. The van der Waals surface area contributed by atoms with E-state index in [0.29, 0.717) is 5.02 Å². The normalized spacial score (nSPS) is 11.7. The number of nitrogens with one attached hydrogen (secondary N) is 1. The van der Waals surface area contributed by atoms with E-state index in [1.807, 2.05) is 0 Å². The van der Waals surface area contributed by atoms with Crippen LogP contribution in [-0.2, 0) is 9.59 Å². The van der Waals surface area contributed by atoms with Crippen LogP contribution in [0.25, 0.3) is 0 Å². The van der Waals surface area contributed by atoms with E-state index in [1.165, 1.54) is 12.1 Å². The highest BCUT2D eigenvalue weighted by atomic mass is 35.5. The van der Waals surface area contributed by atoms with E-state index in [2.05, 4.69) is 5.32 Å². The second-order valence-electron chi connectivity index (χ2n) is 3.93. The molecular formula is C12H12ClNO5. The monoisotopic (exact) mass is 285 g/mol. The molecule has 0 fully saturated rings. The number of halogens is 1. The average molecular weight is 286 g/mol. The van der Waals surface area contributed by atoms with Gasteiger partial charge >= 0.3 is 11.9 Å². The summed E-state index contributed by atoms with van der Waals surface area (Å²) in [5, 5.41) is 19.9. The Balaban J connectivity index is 2.84. The van der Waals surface area contributed by atoms with Crippen LogP contribution >= 0.6 is 11.6 Å². The summed E-state index contributed by atoms with van der Waals surface area (Å²) in [6.07, 6.45) is -0.694. The zero-order valence-electron chi connectivity index (χ0n) is 10.0. The van der Waals surface area contributed by atoms with E-state index >= 15 is 0 Å². The van der Waals surface area contributed by atoms with Crippen molar-refractivity contribution in [3.05, 3.63) is 34.3 Å². The minimum Gasteiger partial charge on any atom is -0.481 e. The van der Waals surface area contributed by atoms with E-state index in [0.717, 1.165) is 5.56 Å². The van der Waals surface area contributed by atoms with E-state index in [-0.39, 0.29) is 5.56 Å². The van der Waals surface area contributed by atoms with E-state index < -0.39 is 30.3 Å². The standard InChI is InChI=1S/C12H12ClNO5/c1-6-2-3-7(4-8(6)13)11(17)14-9(12(18)19)5-10(15)16/h2-4,9H,5H2,1H3,(H,14,17)(H,15,16)(H,18,19)/t9-/m1/s1. The van der Waals surface area contributed by atoms with Gasteiger partial charge in [-0.2, -0.15) is 0 Å². The molecule has 0 radical (unpaired) electrons. The van der Waals surface area contributed by atoms with Gasteiger partial charge in [0.1, 0.15) is 6.04 Å². The number of aryl methyl sites for hydroxylation is 1. The van der Waals surface area contributed by atoms with Crippen molar-refractivity contribution >= 4 is 29.4 Å². The predicted molar refractivity (Wildman–Crippen MR) is 67.3 cm³/mol. The van der Waals surface area contributed by atoms with Crippen molar-refractivity contribution in [2.75, 3.05) is 0 Å². The lowest BCUT2D eigenvalue weighted by Gasteiger charge is -2.12. The first kappa shape index (κ1) is 15.0. The Morgan fingerprint density at radius 3 is 2.42 bits per heavy atom. The summed E-state index contributed by atoms with van der Waals surface area (Å²) in [4.78, 5) is 33.1. The molecule has 0 unspecified atom stereocenters. The van der Waals surface area contributed by atoms with Gasteiger partial charge in [-0.1, -0.05) is 17.7 Å². The molecule has 1 atom stereocenters. The van der Waals surface area contributed by atoms with Gasteiger partial charge in [-0.15, -0.1) is 0 Å². The van der Waals surface area contributed by atoms with Crippen molar-refractivity contribution in [1.82, 2.24) is 5.32 Å². The first-order chi connectivity index (χ1) is 8.81. The quantitative estimate of drug-likeness (QED) is 0.756. The molecule has 0 heterocycles. The second-order valence-corrected chi connectivity index (χ2v) is 4.33. The average Bonchev–Trinajstić information content (AvgIpc) is 2.31. The van der Waals surface area contributed by atoms with Crippen molar-refractivity contribution < 1.29 is 24.6 Å². The Kier molecular flexibility index (Phi) is 4.88. The van der Waals surface area contributed by atoms with Crippen LogP contribution < -0.4 is 5.32 Å². The van der Waals surface area contributed by atoms with Gasteiger partial charge in [0.15, 0.2) is 0 Å². The van der Waals surface area contributed by atoms with Gasteiger partial charge in [0.05, 0.1) is 6.42 Å². The van der Waals surface area contributed by atoms with Gasteiger partial charge in [-0.05, 0) is 24.6 Å². The summed E-state index contributed by atoms with van der Waals surface area (Å²) >= 11 is 5.85. The largest absolute Gasteiger partial charge is 0.481 e. The molecule has 7 heteroatoms. The Morgan fingerprint density at radius 2 is 1.95 bits per heavy atom. The van der Waals surface area contributed by atoms with Crippen LogP contribution in [0.5, 0.6) is 0 Å². The van der Waals surface area contributed by atoms with Gasteiger partial charge in [0.25, 0.3) is 5.91 Å². The van der Waals surface area contributed by atoms with Gasteiger partial charge in [0.2, 0.25) is 0 Å². The molecule has 0 saturated heterocycles. The first-order valence-electron chi connectivity index (χ1n) is 5.33. The Bertz CT molecular complexity index is 529. The summed E-state index contributed by atoms with van der Waals surface area (Å²) < 4.78 is 0. The zero-order chi connectivity index (χ0) is 14.6. The minimum absolute atomic E-state index is 0.173. The maximum absolute atomic E-state index is 11.8. The molecule has 1 rings (SSSR count). The summed E-state index contributed by atoms with van der Waals surface area (Å²) in [5.74, 6) is -3.40. The highest BCUT2D eigenvalue weighted by Gasteiger charge is 2.23. The molecule has 0 aliphatic heterocycles. The van der Waals surface area contributed by atoms with Gasteiger partial charge < -0.3 is 15.5 Å². The third-order valence-corrected chi connectivity index (χ3v) is 2.82. The predicted octanol–water partition coefficient (Wildman–Crippen LogP) is 1.31. The summed E-state index contributed by atoms with van der Waals surface area (Å²) in [6.45, 7) is 1.76. The third kappa shape index (κ3) is 4.26. The lowest BCUT2D eigenvalue weighted by molar-refractivity contribution is -0.145. The summed E-state index contributed by atoms with van der Waals surface area (Å²) in [7, 11) is 0. The van der Waals surface area contributed by atoms with Crippen molar-refractivity contribution in [3.63, 3.8) is 0 Å². The molecule has 1 aromatic carbocycles. The fraction of sp³-hybridized carbons (Fsp3) is 0.250. The molecule has 1 aromatic rings. The number of carboxylic acid groups (broad SMARTS) is 2. The molecule has 0 spiro atoms. The van der Waals surface area contributed by atoms with Crippen LogP contribution in [0.4, 0.5) is 0 Å². The number of hydrogen-bond donors (Lipinski definition) is 3. The Labute approximate surface area is 114 Å². The van der Waals surface area contributed by atoms with Crippen LogP contribution in [0.15, 0.2) is 18.2 Å². The smallest absolute Gasteiger partial charge is 0.326 e. The second kappa shape index (κ2) is 6.19. The number of carbonyl (C=O) groups is 3. The lowest BCUT2D eigenvalue weighted by atomic mass is 10.1. The molecule has 0 saturated carbocycles. The molecule has 0 bridgehead atoms. The fourth-order valence-electron chi connectivity index (χ4n) is 1.35. The van der Waals surface area contributed by atoms with Gasteiger partial charge in [0, 0.05) is 10.6 Å². The Hall–Kier alpha value is -2.08. The summed E-state index contributed by atoms with van der Waals surface area (Å²) in [5.41, 5.74) is 0.950. The number of carbonyl (C=O) groups excluding carboxylic acids is 1. The Morgan fingerprint density at radius 1 is 1.32 bits per heavy atom. The number of aliphatic carboxylic acids is 2. The summed E-state index contributed by atoms with van der Waals surface area (Å²) in [6, 6.07) is 3.01. The van der Waals surface area contributed by atoms with Crippen LogP contribution in [0, 0.1) is 6.92 Å². The van der Waals surface area contributed by atoms with Crippen LogP contribution in [0.1, 0.15) is 22.3 Å². The highest BCUT2D eigenvalue weighted by Crippen LogP contribution is 2.16. The van der Waals surface area contributed by atoms with Crippen molar-refractivity contribution in [1.29, 1.82) is 0 Å². The SMILES string of the molecule is Cc1ccc(C(=O)N[C@H](CC(=O)O)C(=O)O)cc1Cl. The number of rotatable bonds is 5. The molecule has 0 aliphatic rings. The fourth-order valence-corrected chi connectivity index (χ4v) is 1.53. The van der Waals surface area contributed by atoms with E-state index in [1.54, 1.807) is 13.0 Å². The minimum atomic E-state index is -1.48. The number of amides is 1. The number of carboxylic acids is 2. The van der Waals surface area contributed by atoms with Crippen molar-refractivity contribution in [2.45, 2.75) is 19.4 Å². The molecule has 1 amide bonds. The topological polar surface area (TPSA) is 104 Å².